The minimum absolute atomic E-state index is 0.119. The van der Waals surface area contributed by atoms with Gasteiger partial charge in [-0.15, -0.1) is 5.10 Å². The molecule has 1 aromatic carbocycles. The molecule has 0 saturated heterocycles. The van der Waals surface area contributed by atoms with Crippen molar-refractivity contribution in [3.05, 3.63) is 45.4 Å². The SMILES string of the molecule is COc1ccc(OC)c(-c2nnc(NC(=O)Cn3cnc4c3c(=O)n(C)c(=O)n4C)o2)c1. The fourth-order valence-electron chi connectivity index (χ4n) is 3.19. The third-order valence-electron chi connectivity index (χ3n) is 4.84. The Balaban J connectivity index is 1.58. The number of carbonyl (C=O) groups is 1. The number of aryl methyl sites for hydroxylation is 1. The summed E-state index contributed by atoms with van der Waals surface area (Å²) in [6, 6.07) is 4.93. The van der Waals surface area contributed by atoms with E-state index in [1.807, 2.05) is 0 Å². The van der Waals surface area contributed by atoms with Crippen LogP contribution < -0.4 is 26.0 Å². The maximum atomic E-state index is 12.5. The standard InChI is InChI=1S/C19H19N7O6/c1-24-15-14(17(28)25(2)19(24)29)26(9-20-15)8-13(27)21-18-23-22-16(32-18)11-7-10(30-3)5-6-12(11)31-4/h5-7,9H,8H2,1-4H3,(H,21,23,27). The van der Waals surface area contributed by atoms with Gasteiger partial charge >= 0.3 is 11.7 Å². The third-order valence-corrected chi connectivity index (χ3v) is 4.84. The van der Waals surface area contributed by atoms with Crippen molar-refractivity contribution in [1.29, 1.82) is 0 Å². The summed E-state index contributed by atoms with van der Waals surface area (Å²) >= 11 is 0. The van der Waals surface area contributed by atoms with E-state index in [4.69, 9.17) is 13.9 Å². The predicted octanol–water partition coefficient (Wildman–Crippen LogP) is 0.140. The van der Waals surface area contributed by atoms with Crippen LogP contribution in [0.2, 0.25) is 0 Å². The summed E-state index contributed by atoms with van der Waals surface area (Å²) in [6.07, 6.45) is 1.31. The highest BCUT2D eigenvalue weighted by Gasteiger charge is 2.19. The second-order valence-electron chi connectivity index (χ2n) is 6.78. The van der Waals surface area contributed by atoms with E-state index in [9.17, 15) is 14.4 Å². The highest BCUT2D eigenvalue weighted by Crippen LogP contribution is 2.33. The molecular formula is C19H19N7O6. The Morgan fingerprint density at radius 2 is 1.91 bits per heavy atom. The molecule has 0 radical (unpaired) electrons. The normalized spacial score (nSPS) is 11.0. The van der Waals surface area contributed by atoms with Crippen molar-refractivity contribution in [1.82, 2.24) is 28.9 Å². The summed E-state index contributed by atoms with van der Waals surface area (Å²) in [4.78, 5) is 41.1. The molecule has 1 amide bonds. The minimum atomic E-state index is -0.557. The highest BCUT2D eigenvalue weighted by molar-refractivity contribution is 5.89. The average Bonchev–Trinajstić information content (AvgIpc) is 3.43. The zero-order valence-electron chi connectivity index (χ0n) is 17.6. The third kappa shape index (κ3) is 3.49. The summed E-state index contributed by atoms with van der Waals surface area (Å²) in [5.41, 5.74) is -0.278. The zero-order chi connectivity index (χ0) is 23.0. The van der Waals surface area contributed by atoms with Gasteiger partial charge in [-0.25, -0.2) is 9.78 Å². The largest absolute Gasteiger partial charge is 0.497 e. The van der Waals surface area contributed by atoms with Crippen LogP contribution >= 0.6 is 0 Å². The van der Waals surface area contributed by atoms with E-state index >= 15 is 0 Å². The van der Waals surface area contributed by atoms with Gasteiger partial charge in [0.05, 0.1) is 26.1 Å². The van der Waals surface area contributed by atoms with Crippen molar-refractivity contribution in [2.24, 2.45) is 14.1 Å². The van der Waals surface area contributed by atoms with Gasteiger partial charge in [0.15, 0.2) is 11.2 Å². The van der Waals surface area contributed by atoms with Crippen LogP contribution in [0.4, 0.5) is 6.01 Å². The Hall–Kier alpha value is -4.42. The molecule has 0 spiro atoms. The van der Waals surface area contributed by atoms with Gasteiger partial charge < -0.3 is 18.5 Å². The number of hydrogen-bond acceptors (Lipinski definition) is 9. The van der Waals surface area contributed by atoms with E-state index in [1.165, 1.54) is 43.8 Å². The van der Waals surface area contributed by atoms with Crippen molar-refractivity contribution < 1.29 is 18.7 Å². The first-order valence-corrected chi connectivity index (χ1v) is 9.30. The number of imidazole rings is 1. The number of nitrogens with zero attached hydrogens (tertiary/aromatic N) is 6. The van der Waals surface area contributed by atoms with Crippen LogP contribution in [0, 0.1) is 0 Å². The van der Waals surface area contributed by atoms with Gasteiger partial charge in [0.1, 0.15) is 18.0 Å². The first kappa shape index (κ1) is 20.8. The molecule has 0 aliphatic heterocycles. The van der Waals surface area contributed by atoms with Crippen LogP contribution in [0.5, 0.6) is 11.5 Å². The first-order valence-electron chi connectivity index (χ1n) is 9.30. The maximum Gasteiger partial charge on any atom is 0.332 e. The van der Waals surface area contributed by atoms with Gasteiger partial charge in [0.25, 0.3) is 11.4 Å². The number of anilines is 1. The highest BCUT2D eigenvalue weighted by atomic mass is 16.5. The quantitative estimate of drug-likeness (QED) is 0.441. The number of ether oxygens (including phenoxy) is 2. The van der Waals surface area contributed by atoms with E-state index in [2.05, 4.69) is 20.5 Å². The van der Waals surface area contributed by atoms with Crippen LogP contribution in [-0.2, 0) is 25.4 Å². The van der Waals surface area contributed by atoms with Gasteiger partial charge in [-0.2, -0.15) is 0 Å². The Morgan fingerprint density at radius 1 is 1.12 bits per heavy atom. The van der Waals surface area contributed by atoms with Crippen LogP contribution in [0.1, 0.15) is 0 Å². The number of amides is 1. The molecule has 0 aliphatic carbocycles. The maximum absolute atomic E-state index is 12.5. The Kier molecular flexibility index (Phi) is 5.22. The number of methoxy groups -OCH3 is 2. The van der Waals surface area contributed by atoms with E-state index in [0.717, 1.165) is 4.57 Å². The van der Waals surface area contributed by atoms with Crippen LogP contribution in [0.15, 0.2) is 38.5 Å². The number of hydrogen-bond donors (Lipinski definition) is 1. The average molecular weight is 441 g/mol. The molecule has 0 fully saturated rings. The summed E-state index contributed by atoms with van der Waals surface area (Å²) in [5.74, 6) is 0.632. The van der Waals surface area contributed by atoms with Crippen molar-refractivity contribution in [2.75, 3.05) is 19.5 Å². The zero-order valence-corrected chi connectivity index (χ0v) is 17.6. The summed E-state index contributed by atoms with van der Waals surface area (Å²) < 4.78 is 19.6. The molecule has 13 heteroatoms. The molecule has 166 valence electrons. The number of benzene rings is 1. The van der Waals surface area contributed by atoms with Gasteiger partial charge in [0, 0.05) is 14.1 Å². The summed E-state index contributed by atoms with van der Waals surface area (Å²) in [7, 11) is 5.87. The van der Waals surface area contributed by atoms with Crippen molar-refractivity contribution >= 4 is 23.1 Å². The number of aromatic nitrogens is 6. The summed E-state index contributed by atoms with van der Waals surface area (Å²) in [6.45, 7) is -0.260. The minimum Gasteiger partial charge on any atom is -0.497 e. The predicted molar refractivity (Wildman–Crippen MR) is 112 cm³/mol. The smallest absolute Gasteiger partial charge is 0.332 e. The monoisotopic (exact) mass is 441 g/mol. The van der Waals surface area contributed by atoms with E-state index in [1.54, 1.807) is 18.2 Å². The van der Waals surface area contributed by atoms with Gasteiger partial charge in [0.2, 0.25) is 5.91 Å². The van der Waals surface area contributed by atoms with E-state index < -0.39 is 17.2 Å². The molecule has 0 atom stereocenters. The molecule has 3 heterocycles. The van der Waals surface area contributed by atoms with Gasteiger partial charge in [-0.1, -0.05) is 5.10 Å². The Labute approximate surface area is 179 Å². The van der Waals surface area contributed by atoms with Crippen molar-refractivity contribution in [3.63, 3.8) is 0 Å². The van der Waals surface area contributed by atoms with Gasteiger partial charge in [-0.3, -0.25) is 24.0 Å². The lowest BCUT2D eigenvalue weighted by atomic mass is 10.2. The van der Waals surface area contributed by atoms with Crippen molar-refractivity contribution in [3.8, 4) is 23.0 Å². The molecule has 0 aliphatic rings. The number of rotatable bonds is 6. The lowest BCUT2D eigenvalue weighted by Gasteiger charge is -2.07. The number of fused-ring (bicyclic) bond motifs is 1. The van der Waals surface area contributed by atoms with E-state index in [-0.39, 0.29) is 29.6 Å². The molecule has 4 rings (SSSR count). The Morgan fingerprint density at radius 3 is 2.62 bits per heavy atom. The molecule has 0 bridgehead atoms. The molecule has 13 nitrogen and oxygen atoms in total. The number of carbonyl (C=O) groups excluding carboxylic acids is 1. The summed E-state index contributed by atoms with van der Waals surface area (Å²) in [5, 5.41) is 10.3. The first-order chi connectivity index (χ1) is 15.3. The molecule has 4 aromatic rings. The Bertz CT molecular complexity index is 1440. The molecule has 0 unspecified atom stereocenters. The van der Waals surface area contributed by atoms with Crippen molar-refractivity contribution in [2.45, 2.75) is 6.54 Å². The lowest BCUT2D eigenvalue weighted by molar-refractivity contribution is -0.116. The molecular weight excluding hydrogens is 422 g/mol. The van der Waals surface area contributed by atoms with E-state index in [0.29, 0.717) is 17.1 Å². The second-order valence-corrected chi connectivity index (χ2v) is 6.78. The van der Waals surface area contributed by atoms with Gasteiger partial charge in [-0.05, 0) is 18.2 Å². The molecule has 32 heavy (non-hydrogen) atoms. The van der Waals surface area contributed by atoms with Crippen LogP contribution in [0.3, 0.4) is 0 Å². The number of nitrogens with one attached hydrogen (secondary N) is 1. The second kappa shape index (κ2) is 8.02. The fourth-order valence-corrected chi connectivity index (χ4v) is 3.19. The molecule has 1 N–H and O–H groups in total. The van der Waals surface area contributed by atoms with Crippen LogP contribution in [0.25, 0.3) is 22.6 Å². The topological polar surface area (TPSA) is 148 Å². The molecule has 3 aromatic heterocycles. The lowest BCUT2D eigenvalue weighted by Crippen LogP contribution is -2.37. The molecule has 0 saturated carbocycles. The fraction of sp³-hybridized carbons (Fsp3) is 0.263. The van der Waals surface area contributed by atoms with Crippen LogP contribution in [-0.4, -0.2) is 49.0 Å².